The molecular formula is C30H36N2O4S. The lowest BCUT2D eigenvalue weighted by Gasteiger charge is -2.18. The molecule has 0 spiro atoms. The molecule has 0 aliphatic heterocycles. The first-order valence-electron chi connectivity index (χ1n) is 12.8. The number of carbonyl (C=O) groups excluding carboxylic acids is 2. The smallest absolute Gasteiger partial charge is 0.319 e. The first kappa shape index (κ1) is 28.1. The lowest BCUT2D eigenvalue weighted by atomic mass is 9.98. The molecule has 0 heterocycles. The molecule has 3 rings (SSSR count). The van der Waals surface area contributed by atoms with Gasteiger partial charge in [0.1, 0.15) is 0 Å². The van der Waals surface area contributed by atoms with Crippen LogP contribution in [0.25, 0.3) is 0 Å². The monoisotopic (exact) mass is 520 g/mol. The van der Waals surface area contributed by atoms with Crippen LogP contribution in [0.15, 0.2) is 83.8 Å². The van der Waals surface area contributed by atoms with Crippen LogP contribution < -0.4 is 10.6 Å². The molecular weight excluding hydrogens is 484 g/mol. The zero-order chi connectivity index (χ0) is 26.7. The highest BCUT2D eigenvalue weighted by atomic mass is 32.2. The van der Waals surface area contributed by atoms with E-state index in [1.807, 2.05) is 37.3 Å². The number of hydrogen-bond donors (Lipinski definition) is 2. The molecule has 0 saturated carbocycles. The Labute approximate surface area is 220 Å². The minimum absolute atomic E-state index is 0.0202. The number of unbranched alkanes of at least 4 members (excludes halogenated alkanes) is 3. The normalized spacial score (nSPS) is 12.1. The number of hydrogen-bond acceptors (Lipinski definition) is 4. The summed E-state index contributed by atoms with van der Waals surface area (Å²) in [6, 6.07) is 22.0. The highest BCUT2D eigenvalue weighted by molar-refractivity contribution is 7.90. The predicted molar refractivity (Wildman–Crippen MR) is 148 cm³/mol. The number of anilines is 1. The molecule has 0 aliphatic carbocycles. The van der Waals surface area contributed by atoms with Gasteiger partial charge in [0, 0.05) is 12.1 Å². The van der Waals surface area contributed by atoms with Gasteiger partial charge in [-0.05, 0) is 55.2 Å². The van der Waals surface area contributed by atoms with E-state index >= 15 is 0 Å². The van der Waals surface area contributed by atoms with Crippen LogP contribution in [0.3, 0.4) is 0 Å². The molecule has 2 N–H and O–H groups in total. The first-order valence-corrected chi connectivity index (χ1v) is 14.4. The number of aryl methyl sites for hydroxylation is 1. The molecule has 1 atom stereocenters. The molecule has 7 heteroatoms. The molecule has 6 nitrogen and oxygen atoms in total. The summed E-state index contributed by atoms with van der Waals surface area (Å²) in [5.41, 5.74) is 3.12. The van der Waals surface area contributed by atoms with E-state index in [4.69, 9.17) is 0 Å². The van der Waals surface area contributed by atoms with Crippen LogP contribution in [0.4, 0.5) is 10.5 Å². The lowest BCUT2D eigenvalue weighted by Crippen LogP contribution is -2.44. The van der Waals surface area contributed by atoms with E-state index in [1.54, 1.807) is 48.5 Å². The van der Waals surface area contributed by atoms with Crippen molar-refractivity contribution in [2.24, 2.45) is 0 Å². The van der Waals surface area contributed by atoms with Crippen molar-refractivity contribution in [2.75, 3.05) is 5.32 Å². The molecule has 0 saturated heterocycles. The van der Waals surface area contributed by atoms with Gasteiger partial charge >= 0.3 is 6.03 Å². The molecule has 0 unspecified atom stereocenters. The quantitative estimate of drug-likeness (QED) is 0.261. The molecule has 0 bridgehead atoms. The zero-order valence-electron chi connectivity index (χ0n) is 21.6. The third-order valence-electron chi connectivity index (χ3n) is 6.20. The van der Waals surface area contributed by atoms with Crippen molar-refractivity contribution in [3.05, 3.63) is 95.6 Å². The average molecular weight is 521 g/mol. The van der Waals surface area contributed by atoms with E-state index in [0.717, 1.165) is 36.8 Å². The van der Waals surface area contributed by atoms with Gasteiger partial charge in [-0.25, -0.2) is 13.2 Å². The second kappa shape index (κ2) is 13.7. The van der Waals surface area contributed by atoms with E-state index < -0.39 is 21.9 Å². The fourth-order valence-corrected chi connectivity index (χ4v) is 5.40. The van der Waals surface area contributed by atoms with Crippen LogP contribution in [0, 0.1) is 6.92 Å². The summed E-state index contributed by atoms with van der Waals surface area (Å²) in [5, 5.41) is 5.60. The molecule has 2 amide bonds. The van der Waals surface area contributed by atoms with Crippen LogP contribution in [0.2, 0.25) is 0 Å². The van der Waals surface area contributed by atoms with Gasteiger partial charge < -0.3 is 10.6 Å². The highest BCUT2D eigenvalue weighted by Crippen LogP contribution is 2.19. The number of amides is 2. The fraction of sp³-hybridized carbons (Fsp3) is 0.333. The average Bonchev–Trinajstić information content (AvgIpc) is 2.88. The van der Waals surface area contributed by atoms with Gasteiger partial charge in [0.25, 0.3) is 0 Å². The topological polar surface area (TPSA) is 92.3 Å². The number of sulfone groups is 1. The Morgan fingerprint density at radius 1 is 0.811 bits per heavy atom. The van der Waals surface area contributed by atoms with Gasteiger partial charge in [0.15, 0.2) is 15.6 Å². The Hall–Kier alpha value is -3.45. The van der Waals surface area contributed by atoms with E-state index in [2.05, 4.69) is 17.6 Å². The third-order valence-corrected chi connectivity index (χ3v) is 7.91. The Morgan fingerprint density at radius 2 is 1.49 bits per heavy atom. The van der Waals surface area contributed by atoms with Crippen molar-refractivity contribution in [1.82, 2.24) is 5.32 Å². The summed E-state index contributed by atoms with van der Waals surface area (Å²) in [5.74, 6) is -0.111. The van der Waals surface area contributed by atoms with Gasteiger partial charge in [0.2, 0.25) is 0 Å². The molecule has 196 valence electrons. The molecule has 37 heavy (non-hydrogen) atoms. The van der Waals surface area contributed by atoms with Crippen LogP contribution in [-0.2, 0) is 26.8 Å². The van der Waals surface area contributed by atoms with Crippen LogP contribution in [0.5, 0.6) is 0 Å². The maximum Gasteiger partial charge on any atom is 0.319 e. The Morgan fingerprint density at radius 3 is 2.14 bits per heavy atom. The lowest BCUT2D eigenvalue weighted by molar-refractivity contribution is -0.120. The van der Waals surface area contributed by atoms with Crippen molar-refractivity contribution < 1.29 is 18.0 Å². The number of carbonyl (C=O) groups is 2. The van der Waals surface area contributed by atoms with Gasteiger partial charge in [-0.15, -0.1) is 0 Å². The van der Waals surface area contributed by atoms with Gasteiger partial charge in [-0.3, -0.25) is 4.79 Å². The number of Topliss-reactive ketones (excluding diaryl/α,β-unsaturated/α-hetero) is 1. The Bertz CT molecular complexity index is 1260. The Kier molecular flexibility index (Phi) is 10.4. The molecule has 0 fully saturated rings. The Balaban J connectivity index is 1.60. The molecule has 0 aromatic heterocycles. The van der Waals surface area contributed by atoms with Gasteiger partial charge in [-0.2, -0.15) is 0 Å². The predicted octanol–water partition coefficient (Wildman–Crippen LogP) is 6.24. The summed E-state index contributed by atoms with van der Waals surface area (Å²) < 4.78 is 25.4. The number of ketones is 1. The zero-order valence-corrected chi connectivity index (χ0v) is 22.4. The van der Waals surface area contributed by atoms with Gasteiger partial charge in [0.05, 0.1) is 16.7 Å². The SMILES string of the molecule is CCCCCCC(=O)[C@@H](Cc1ccccc1)NC(=O)Nc1ccc(CS(=O)(=O)c2ccc(C)cc2)cc1. The molecule has 0 aliphatic rings. The van der Waals surface area contributed by atoms with Crippen LogP contribution in [0.1, 0.15) is 55.7 Å². The maximum atomic E-state index is 12.9. The van der Waals surface area contributed by atoms with Crippen molar-refractivity contribution in [3.8, 4) is 0 Å². The summed E-state index contributed by atoms with van der Waals surface area (Å²) in [4.78, 5) is 25.9. The van der Waals surface area contributed by atoms with Crippen LogP contribution in [-0.4, -0.2) is 26.3 Å². The number of nitrogens with one attached hydrogen (secondary N) is 2. The largest absolute Gasteiger partial charge is 0.328 e. The standard InChI is InChI=1S/C30H36N2O4S/c1-3-4-5-9-12-29(33)28(21-24-10-7-6-8-11-24)32-30(34)31-26-17-15-25(16-18-26)22-37(35,36)27-19-13-23(2)14-20-27/h6-8,10-11,13-20,28H,3-5,9,12,21-22H2,1-2H3,(H2,31,32,34)/t28-/m1/s1. The van der Waals surface area contributed by atoms with E-state index in [0.29, 0.717) is 24.1 Å². The molecule has 0 radical (unpaired) electrons. The summed E-state index contributed by atoms with van der Waals surface area (Å²) in [6.45, 7) is 4.03. The third kappa shape index (κ3) is 9.17. The molecule has 3 aromatic carbocycles. The second-order valence-electron chi connectivity index (χ2n) is 9.39. The fourth-order valence-electron chi connectivity index (χ4n) is 4.05. The maximum absolute atomic E-state index is 12.9. The minimum atomic E-state index is -3.47. The first-order chi connectivity index (χ1) is 17.8. The van der Waals surface area contributed by atoms with E-state index in [1.165, 1.54) is 0 Å². The summed E-state index contributed by atoms with van der Waals surface area (Å²) in [6.07, 6.45) is 4.86. The van der Waals surface area contributed by atoms with Crippen LogP contribution >= 0.6 is 0 Å². The number of rotatable bonds is 13. The highest BCUT2D eigenvalue weighted by Gasteiger charge is 2.21. The summed E-state index contributed by atoms with van der Waals surface area (Å²) >= 11 is 0. The van der Waals surface area contributed by atoms with Crippen molar-refractivity contribution >= 4 is 27.3 Å². The number of urea groups is 1. The van der Waals surface area contributed by atoms with E-state index in [9.17, 15) is 18.0 Å². The van der Waals surface area contributed by atoms with Crippen molar-refractivity contribution in [1.29, 1.82) is 0 Å². The second-order valence-corrected chi connectivity index (χ2v) is 11.4. The van der Waals surface area contributed by atoms with Gasteiger partial charge in [-0.1, -0.05) is 86.3 Å². The minimum Gasteiger partial charge on any atom is -0.328 e. The van der Waals surface area contributed by atoms with Crippen molar-refractivity contribution in [2.45, 2.75) is 69.1 Å². The molecule has 3 aromatic rings. The van der Waals surface area contributed by atoms with Crippen molar-refractivity contribution in [3.63, 3.8) is 0 Å². The number of benzene rings is 3. The summed E-state index contributed by atoms with van der Waals surface area (Å²) in [7, 11) is -3.47. The van der Waals surface area contributed by atoms with E-state index in [-0.39, 0.29) is 16.4 Å².